The maximum atomic E-state index is 11.6. The summed E-state index contributed by atoms with van der Waals surface area (Å²) < 4.78 is 0. The fraction of sp³-hybridized carbons (Fsp3) is 0.833. The van der Waals surface area contributed by atoms with Crippen LogP contribution in [0.25, 0.3) is 0 Å². The Hall–Kier alpha value is -1.14. The summed E-state index contributed by atoms with van der Waals surface area (Å²) in [5.74, 6) is -0.516. The van der Waals surface area contributed by atoms with E-state index in [9.17, 15) is 9.59 Å². The third kappa shape index (κ3) is 5.97. The van der Waals surface area contributed by atoms with Crippen molar-refractivity contribution in [2.45, 2.75) is 25.7 Å². The van der Waals surface area contributed by atoms with Crippen LogP contribution in [-0.4, -0.2) is 59.8 Å². The molecule has 6 heteroatoms. The van der Waals surface area contributed by atoms with Gasteiger partial charge in [0, 0.05) is 19.6 Å². The van der Waals surface area contributed by atoms with Gasteiger partial charge in [-0.15, -0.1) is 0 Å². The number of carboxylic acid groups (broad SMARTS) is 1. The van der Waals surface area contributed by atoms with E-state index in [0.717, 1.165) is 25.9 Å². The minimum atomic E-state index is -0.838. The zero-order valence-corrected chi connectivity index (χ0v) is 10.6. The molecule has 1 aliphatic rings. The summed E-state index contributed by atoms with van der Waals surface area (Å²) in [6.07, 6.45) is 2.42. The molecule has 18 heavy (non-hydrogen) atoms. The summed E-state index contributed by atoms with van der Waals surface area (Å²) in [5.41, 5.74) is 0. The Morgan fingerprint density at radius 3 is 2.50 bits per heavy atom. The highest BCUT2D eigenvalue weighted by Gasteiger charge is 2.19. The first-order chi connectivity index (χ1) is 8.61. The lowest BCUT2D eigenvalue weighted by molar-refractivity contribution is -0.137. The number of aliphatic carboxylic acids is 1. The minimum absolute atomic E-state index is 0.0529. The number of hydrogen-bond acceptors (Lipinski definition) is 4. The van der Waals surface area contributed by atoms with E-state index in [2.05, 4.69) is 10.2 Å². The van der Waals surface area contributed by atoms with Crippen molar-refractivity contribution in [3.05, 3.63) is 0 Å². The molecule has 0 aliphatic carbocycles. The highest BCUT2D eigenvalue weighted by Crippen LogP contribution is 2.15. The Labute approximate surface area is 107 Å². The van der Waals surface area contributed by atoms with Crippen LogP contribution in [0.5, 0.6) is 0 Å². The maximum absolute atomic E-state index is 11.6. The van der Waals surface area contributed by atoms with Crippen LogP contribution < -0.4 is 5.32 Å². The van der Waals surface area contributed by atoms with Crippen LogP contribution in [0.4, 0.5) is 0 Å². The van der Waals surface area contributed by atoms with E-state index in [0.29, 0.717) is 25.4 Å². The molecule has 0 radical (unpaired) electrons. The van der Waals surface area contributed by atoms with Crippen LogP contribution in [0.2, 0.25) is 0 Å². The third-order valence-corrected chi connectivity index (χ3v) is 3.22. The highest BCUT2D eigenvalue weighted by atomic mass is 16.4. The van der Waals surface area contributed by atoms with Crippen molar-refractivity contribution in [1.29, 1.82) is 0 Å². The number of aliphatic hydroxyl groups is 1. The van der Waals surface area contributed by atoms with Crippen molar-refractivity contribution < 1.29 is 19.8 Å². The molecule has 1 fully saturated rings. The van der Waals surface area contributed by atoms with E-state index in [-0.39, 0.29) is 18.9 Å². The van der Waals surface area contributed by atoms with Crippen molar-refractivity contribution in [3.8, 4) is 0 Å². The Kier molecular flexibility index (Phi) is 6.67. The van der Waals surface area contributed by atoms with Crippen molar-refractivity contribution in [3.63, 3.8) is 0 Å². The summed E-state index contributed by atoms with van der Waals surface area (Å²) >= 11 is 0. The van der Waals surface area contributed by atoms with Gasteiger partial charge in [0.15, 0.2) is 0 Å². The Bertz CT molecular complexity index is 275. The van der Waals surface area contributed by atoms with Crippen LogP contribution in [-0.2, 0) is 9.59 Å². The number of likely N-dealkylation sites (tertiary alicyclic amines) is 1. The second-order valence-electron chi connectivity index (χ2n) is 4.75. The first-order valence-electron chi connectivity index (χ1n) is 6.43. The molecule has 0 aromatic heterocycles. The van der Waals surface area contributed by atoms with Gasteiger partial charge in [0.25, 0.3) is 0 Å². The van der Waals surface area contributed by atoms with Gasteiger partial charge < -0.3 is 15.5 Å². The van der Waals surface area contributed by atoms with E-state index < -0.39 is 5.97 Å². The van der Waals surface area contributed by atoms with Crippen molar-refractivity contribution >= 4 is 11.9 Å². The number of hydrogen-bond donors (Lipinski definition) is 3. The number of carbonyl (C=O) groups excluding carboxylic acids is 1. The number of piperidine rings is 1. The topological polar surface area (TPSA) is 89.9 Å². The van der Waals surface area contributed by atoms with Crippen molar-refractivity contribution in [1.82, 2.24) is 10.2 Å². The first-order valence-corrected chi connectivity index (χ1v) is 6.43. The molecule has 0 saturated carbocycles. The zero-order valence-electron chi connectivity index (χ0n) is 10.6. The van der Waals surface area contributed by atoms with Gasteiger partial charge in [0.1, 0.15) is 0 Å². The average molecular weight is 258 g/mol. The molecule has 1 rings (SSSR count). The van der Waals surface area contributed by atoms with Gasteiger partial charge in [0.05, 0.1) is 6.54 Å². The molecule has 1 aliphatic heterocycles. The number of carbonyl (C=O) groups is 2. The third-order valence-electron chi connectivity index (χ3n) is 3.22. The van der Waals surface area contributed by atoms with E-state index in [1.54, 1.807) is 0 Å². The van der Waals surface area contributed by atoms with E-state index in [1.807, 2.05) is 0 Å². The van der Waals surface area contributed by atoms with E-state index >= 15 is 0 Å². The fourth-order valence-corrected chi connectivity index (χ4v) is 2.05. The normalized spacial score (nSPS) is 17.6. The molecule has 0 aromatic carbocycles. The molecule has 3 N–H and O–H groups in total. The molecule has 1 amide bonds. The van der Waals surface area contributed by atoms with Crippen LogP contribution >= 0.6 is 0 Å². The number of carboxylic acids is 1. The molecule has 0 unspecified atom stereocenters. The molecule has 1 saturated heterocycles. The lowest BCUT2D eigenvalue weighted by atomic mass is 9.98. The summed E-state index contributed by atoms with van der Waals surface area (Å²) in [6, 6.07) is 0. The second-order valence-corrected chi connectivity index (χ2v) is 4.75. The van der Waals surface area contributed by atoms with E-state index in [1.165, 1.54) is 0 Å². The zero-order chi connectivity index (χ0) is 13.4. The van der Waals surface area contributed by atoms with Gasteiger partial charge in [-0.3, -0.25) is 14.5 Å². The van der Waals surface area contributed by atoms with Crippen LogP contribution in [0, 0.1) is 5.92 Å². The monoisotopic (exact) mass is 258 g/mol. The Morgan fingerprint density at radius 1 is 1.28 bits per heavy atom. The standard InChI is InChI=1S/C12H22N2O4/c15-9-10-3-6-14(7-4-10)8-11(16)13-5-1-2-12(17)18/h10,15H,1-9H2,(H,13,16)(H,17,18). The van der Waals surface area contributed by atoms with Crippen molar-refractivity contribution in [2.24, 2.45) is 5.92 Å². The predicted molar refractivity (Wildman–Crippen MR) is 66.1 cm³/mol. The number of nitrogens with zero attached hydrogens (tertiary/aromatic N) is 1. The fourth-order valence-electron chi connectivity index (χ4n) is 2.05. The molecule has 0 atom stereocenters. The largest absolute Gasteiger partial charge is 0.481 e. The summed E-state index contributed by atoms with van der Waals surface area (Å²) in [5, 5.41) is 20.2. The van der Waals surface area contributed by atoms with E-state index in [4.69, 9.17) is 10.2 Å². The molecular formula is C12H22N2O4. The SMILES string of the molecule is O=C(O)CCCNC(=O)CN1CCC(CO)CC1. The Balaban J connectivity index is 2.08. The van der Waals surface area contributed by atoms with Gasteiger partial charge in [-0.2, -0.15) is 0 Å². The highest BCUT2D eigenvalue weighted by molar-refractivity contribution is 5.78. The van der Waals surface area contributed by atoms with Gasteiger partial charge in [0.2, 0.25) is 5.91 Å². The number of aliphatic hydroxyl groups excluding tert-OH is 1. The smallest absolute Gasteiger partial charge is 0.303 e. The molecular weight excluding hydrogens is 236 g/mol. The average Bonchev–Trinajstić information content (AvgIpc) is 2.35. The molecule has 0 spiro atoms. The number of amides is 1. The molecule has 0 bridgehead atoms. The second kappa shape index (κ2) is 8.05. The Morgan fingerprint density at radius 2 is 1.94 bits per heavy atom. The van der Waals surface area contributed by atoms with Crippen molar-refractivity contribution in [2.75, 3.05) is 32.8 Å². The van der Waals surface area contributed by atoms with Crippen LogP contribution in [0.1, 0.15) is 25.7 Å². The lowest BCUT2D eigenvalue weighted by Gasteiger charge is -2.30. The minimum Gasteiger partial charge on any atom is -0.481 e. The summed E-state index contributed by atoms with van der Waals surface area (Å²) in [4.78, 5) is 23.9. The van der Waals surface area contributed by atoms with Gasteiger partial charge in [-0.25, -0.2) is 0 Å². The summed E-state index contributed by atoms with van der Waals surface area (Å²) in [7, 11) is 0. The summed E-state index contributed by atoms with van der Waals surface area (Å²) in [6.45, 7) is 2.69. The molecule has 0 aromatic rings. The lowest BCUT2D eigenvalue weighted by Crippen LogP contribution is -2.42. The predicted octanol–water partition coefficient (Wildman–Crippen LogP) is -0.328. The maximum Gasteiger partial charge on any atom is 0.303 e. The van der Waals surface area contributed by atoms with Gasteiger partial charge in [-0.1, -0.05) is 0 Å². The number of rotatable bonds is 7. The van der Waals surface area contributed by atoms with Gasteiger partial charge in [-0.05, 0) is 38.3 Å². The van der Waals surface area contributed by atoms with Crippen LogP contribution in [0.15, 0.2) is 0 Å². The number of nitrogens with one attached hydrogen (secondary N) is 1. The molecule has 6 nitrogen and oxygen atoms in total. The molecule has 1 heterocycles. The first kappa shape index (κ1) is 14.9. The molecule has 104 valence electrons. The van der Waals surface area contributed by atoms with Gasteiger partial charge >= 0.3 is 5.97 Å². The van der Waals surface area contributed by atoms with Crippen LogP contribution in [0.3, 0.4) is 0 Å². The quantitative estimate of drug-likeness (QED) is 0.544.